The number of esters is 1. The number of nitrogens with two attached hydrogens (primary N) is 1. The van der Waals surface area contributed by atoms with Crippen LogP contribution in [0.4, 0.5) is 11.4 Å². The third-order valence-corrected chi connectivity index (χ3v) is 4.19. The molecule has 0 aliphatic carbocycles. The summed E-state index contributed by atoms with van der Waals surface area (Å²) in [5.74, 6) is 1.92. The number of nitrogen functional groups attached to an aromatic ring is 1. The van der Waals surface area contributed by atoms with Crippen LogP contribution in [0.3, 0.4) is 0 Å². The van der Waals surface area contributed by atoms with Gasteiger partial charge in [-0.15, -0.1) is 0 Å². The Kier molecular flexibility index (Phi) is 6.94. The molecule has 0 bridgehead atoms. The van der Waals surface area contributed by atoms with Crippen LogP contribution in [-0.2, 0) is 19.1 Å². The Bertz CT molecular complexity index is 863. The van der Waals surface area contributed by atoms with Gasteiger partial charge in [0.25, 0.3) is 5.69 Å². The number of methoxy groups -OCH3 is 1. The molecule has 0 amide bonds. The van der Waals surface area contributed by atoms with Crippen LogP contribution in [0.2, 0.25) is 0 Å². The summed E-state index contributed by atoms with van der Waals surface area (Å²) in [6.45, 7) is 6.50. The van der Waals surface area contributed by atoms with E-state index in [-0.39, 0.29) is 26.9 Å². The minimum absolute atomic E-state index is 0.0740. The second-order valence-electron chi connectivity index (χ2n) is 6.44. The van der Waals surface area contributed by atoms with Crippen molar-refractivity contribution in [2.24, 2.45) is 0 Å². The minimum atomic E-state index is -1.44. The quantitative estimate of drug-likeness (QED) is 0.238. The zero-order valence-electron chi connectivity index (χ0n) is 15.4. The SMILES string of the molecule is COC(=O)[C@@H](OC(C)(C)C)c1c(C)c([N+](=O)[O-])c(N)c(C#CC(=O)O)c1Br. The number of carbonyl (C=O) groups is 2. The Hall–Kier alpha value is -2.64. The number of aliphatic carboxylic acids is 1. The molecular formula is C17H19BrN2O7. The lowest BCUT2D eigenvalue weighted by molar-refractivity contribution is -0.384. The zero-order chi connectivity index (χ0) is 21.1. The molecule has 0 spiro atoms. The van der Waals surface area contributed by atoms with Crippen LogP contribution in [0.15, 0.2) is 4.47 Å². The number of hydrogen-bond acceptors (Lipinski definition) is 7. The molecule has 146 valence electrons. The van der Waals surface area contributed by atoms with E-state index in [1.165, 1.54) is 6.92 Å². The van der Waals surface area contributed by atoms with E-state index in [2.05, 4.69) is 21.9 Å². The highest BCUT2D eigenvalue weighted by Gasteiger charge is 2.36. The summed E-state index contributed by atoms with van der Waals surface area (Å²) in [5, 5.41) is 20.3. The van der Waals surface area contributed by atoms with Gasteiger partial charge < -0.3 is 20.3 Å². The lowest BCUT2D eigenvalue weighted by Gasteiger charge is -2.28. The number of carboxylic acids is 1. The van der Waals surface area contributed by atoms with Crippen molar-refractivity contribution in [1.29, 1.82) is 0 Å². The molecule has 0 heterocycles. The smallest absolute Gasteiger partial charge is 0.382 e. The molecule has 0 aliphatic rings. The molecule has 1 atom stereocenters. The van der Waals surface area contributed by atoms with Crippen LogP contribution in [0, 0.1) is 28.9 Å². The summed E-state index contributed by atoms with van der Waals surface area (Å²) in [6.07, 6.45) is -1.32. The fraction of sp³-hybridized carbons (Fsp3) is 0.412. The van der Waals surface area contributed by atoms with Crippen molar-refractivity contribution in [3.05, 3.63) is 31.3 Å². The van der Waals surface area contributed by atoms with Gasteiger partial charge in [0, 0.05) is 21.5 Å². The summed E-state index contributed by atoms with van der Waals surface area (Å²) < 4.78 is 10.7. The first kappa shape index (κ1) is 22.4. The molecule has 0 saturated heterocycles. The van der Waals surface area contributed by atoms with Gasteiger partial charge in [0.2, 0.25) is 0 Å². The number of hydrogen-bond donors (Lipinski definition) is 2. The lowest BCUT2D eigenvalue weighted by atomic mass is 9.96. The Labute approximate surface area is 164 Å². The highest BCUT2D eigenvalue weighted by molar-refractivity contribution is 9.10. The van der Waals surface area contributed by atoms with Gasteiger partial charge in [0.1, 0.15) is 5.69 Å². The van der Waals surface area contributed by atoms with Gasteiger partial charge in [-0.1, -0.05) is 5.92 Å². The second kappa shape index (κ2) is 8.37. The molecule has 0 saturated carbocycles. The minimum Gasteiger partial charge on any atom is -0.472 e. The Morgan fingerprint density at radius 3 is 2.33 bits per heavy atom. The molecule has 1 rings (SSSR count). The van der Waals surface area contributed by atoms with Gasteiger partial charge in [-0.25, -0.2) is 9.59 Å². The van der Waals surface area contributed by atoms with Crippen LogP contribution in [-0.4, -0.2) is 34.7 Å². The largest absolute Gasteiger partial charge is 0.472 e. The number of carbonyl (C=O) groups excluding carboxylic acids is 1. The van der Waals surface area contributed by atoms with Crippen molar-refractivity contribution in [3.8, 4) is 11.8 Å². The lowest BCUT2D eigenvalue weighted by Crippen LogP contribution is -2.29. The van der Waals surface area contributed by atoms with E-state index in [9.17, 15) is 19.7 Å². The molecule has 0 aromatic heterocycles. The van der Waals surface area contributed by atoms with Crippen LogP contribution in [0.5, 0.6) is 0 Å². The third-order valence-electron chi connectivity index (χ3n) is 3.37. The Morgan fingerprint density at radius 2 is 1.93 bits per heavy atom. The fourth-order valence-electron chi connectivity index (χ4n) is 2.34. The summed E-state index contributed by atoms with van der Waals surface area (Å²) in [4.78, 5) is 33.9. The highest BCUT2D eigenvalue weighted by Crippen LogP contribution is 2.43. The number of benzene rings is 1. The zero-order valence-corrected chi connectivity index (χ0v) is 17.0. The second-order valence-corrected chi connectivity index (χ2v) is 7.23. The van der Waals surface area contributed by atoms with Crippen molar-refractivity contribution >= 4 is 39.2 Å². The van der Waals surface area contributed by atoms with E-state index in [1.54, 1.807) is 20.8 Å². The molecule has 0 aliphatic heterocycles. The number of nitro groups is 1. The predicted molar refractivity (Wildman–Crippen MR) is 100 cm³/mol. The van der Waals surface area contributed by atoms with E-state index in [4.69, 9.17) is 20.3 Å². The summed E-state index contributed by atoms with van der Waals surface area (Å²) in [5.41, 5.74) is 4.28. The molecule has 0 unspecified atom stereocenters. The van der Waals surface area contributed by atoms with Gasteiger partial charge in [0.05, 0.1) is 23.2 Å². The number of ether oxygens (including phenoxy) is 2. The average Bonchev–Trinajstić information content (AvgIpc) is 2.51. The van der Waals surface area contributed by atoms with E-state index >= 15 is 0 Å². The normalized spacial score (nSPS) is 11.9. The van der Waals surface area contributed by atoms with Crippen molar-refractivity contribution in [2.75, 3.05) is 12.8 Å². The maximum Gasteiger partial charge on any atom is 0.382 e. The number of nitro benzene ring substituents is 1. The molecule has 9 nitrogen and oxygen atoms in total. The number of nitrogens with zero attached hydrogens (tertiary/aromatic N) is 1. The van der Waals surface area contributed by atoms with Crippen LogP contribution in [0.25, 0.3) is 0 Å². The molecule has 27 heavy (non-hydrogen) atoms. The standard InChI is InChI=1S/C17H19BrN2O7/c1-8-11(15(16(23)26-5)27-17(2,3)4)12(18)9(6-7-10(21)22)13(19)14(8)20(24)25/h15H,19H2,1-5H3,(H,21,22)/t15-/m0/s1. The van der Waals surface area contributed by atoms with Crippen molar-refractivity contribution in [3.63, 3.8) is 0 Å². The Balaban J connectivity index is 3.94. The monoisotopic (exact) mass is 442 g/mol. The topological polar surface area (TPSA) is 142 Å². The first-order valence-electron chi connectivity index (χ1n) is 7.58. The number of rotatable bonds is 4. The molecule has 10 heteroatoms. The highest BCUT2D eigenvalue weighted by atomic mass is 79.9. The summed E-state index contributed by atoms with van der Waals surface area (Å²) >= 11 is 3.24. The Morgan fingerprint density at radius 1 is 1.37 bits per heavy atom. The van der Waals surface area contributed by atoms with Gasteiger partial charge >= 0.3 is 11.9 Å². The maximum absolute atomic E-state index is 12.3. The first-order valence-corrected chi connectivity index (χ1v) is 8.37. The van der Waals surface area contributed by atoms with Crippen molar-refractivity contribution in [2.45, 2.75) is 39.4 Å². The third kappa shape index (κ3) is 5.18. The number of anilines is 1. The average molecular weight is 443 g/mol. The van der Waals surface area contributed by atoms with Gasteiger partial charge in [-0.05, 0) is 43.6 Å². The summed E-state index contributed by atoms with van der Waals surface area (Å²) in [7, 11) is 1.15. The molecule has 1 aromatic rings. The number of halogens is 1. The molecule has 3 N–H and O–H groups in total. The molecule has 0 radical (unpaired) electrons. The van der Waals surface area contributed by atoms with E-state index in [1.807, 2.05) is 5.92 Å². The predicted octanol–water partition coefficient (Wildman–Crippen LogP) is 2.71. The van der Waals surface area contributed by atoms with Crippen molar-refractivity contribution < 1.29 is 29.1 Å². The maximum atomic E-state index is 12.3. The van der Waals surface area contributed by atoms with Crippen LogP contribution in [0.1, 0.15) is 43.6 Å². The van der Waals surface area contributed by atoms with E-state index in [0.29, 0.717) is 0 Å². The fourth-order valence-corrected chi connectivity index (χ4v) is 3.15. The van der Waals surface area contributed by atoms with Gasteiger partial charge in [0.15, 0.2) is 6.10 Å². The van der Waals surface area contributed by atoms with Gasteiger partial charge in [-0.3, -0.25) is 10.1 Å². The molecular weight excluding hydrogens is 424 g/mol. The van der Waals surface area contributed by atoms with E-state index < -0.39 is 34.3 Å². The van der Waals surface area contributed by atoms with Crippen molar-refractivity contribution in [1.82, 2.24) is 0 Å². The van der Waals surface area contributed by atoms with Crippen LogP contribution < -0.4 is 5.73 Å². The molecule has 1 aromatic carbocycles. The van der Waals surface area contributed by atoms with E-state index in [0.717, 1.165) is 7.11 Å². The first-order chi connectivity index (χ1) is 12.3. The molecule has 0 fully saturated rings. The van der Waals surface area contributed by atoms with Crippen LogP contribution >= 0.6 is 15.9 Å². The number of carboxylic acid groups (broad SMARTS) is 1. The summed E-state index contributed by atoms with van der Waals surface area (Å²) in [6, 6.07) is 0. The van der Waals surface area contributed by atoms with Gasteiger partial charge in [-0.2, -0.15) is 0 Å².